The highest BCUT2D eigenvalue weighted by molar-refractivity contribution is 6.32. The zero-order valence-corrected chi connectivity index (χ0v) is 13.9. The molecule has 0 fully saturated rings. The van der Waals surface area contributed by atoms with E-state index >= 15 is 0 Å². The fraction of sp³-hybridized carbons (Fsp3) is 0.118. The Hall–Kier alpha value is -2.86. The number of hydrogen-bond acceptors (Lipinski definition) is 4. The van der Waals surface area contributed by atoms with Gasteiger partial charge in [-0.3, -0.25) is 9.59 Å². The number of amides is 2. The summed E-state index contributed by atoms with van der Waals surface area (Å²) in [6.07, 6.45) is 1.48. The normalized spacial score (nSPS) is 10.5. The lowest BCUT2D eigenvalue weighted by Gasteiger charge is -2.04. The van der Waals surface area contributed by atoms with Gasteiger partial charge in [0.1, 0.15) is 5.75 Å². The minimum absolute atomic E-state index is 0.171. The smallest absolute Gasteiger partial charge is 0.271 e. The molecule has 0 bridgehead atoms. The monoisotopic (exact) mass is 345 g/mol. The second-order valence-electron chi connectivity index (χ2n) is 4.85. The van der Waals surface area contributed by atoms with Crippen molar-refractivity contribution in [1.82, 2.24) is 5.43 Å². The first-order chi connectivity index (χ1) is 11.5. The van der Waals surface area contributed by atoms with Crippen molar-refractivity contribution in [2.24, 2.45) is 5.10 Å². The summed E-state index contributed by atoms with van der Waals surface area (Å²) in [6, 6.07) is 11.6. The van der Waals surface area contributed by atoms with Gasteiger partial charge in [0.2, 0.25) is 5.91 Å². The van der Waals surface area contributed by atoms with Crippen LogP contribution in [0.5, 0.6) is 5.75 Å². The van der Waals surface area contributed by atoms with Crippen molar-refractivity contribution >= 4 is 35.3 Å². The van der Waals surface area contributed by atoms with Crippen LogP contribution in [0.3, 0.4) is 0 Å². The zero-order chi connectivity index (χ0) is 17.5. The predicted octanol–water partition coefficient (Wildman–Crippen LogP) is 3.07. The number of benzene rings is 2. The first-order valence-electron chi connectivity index (χ1n) is 7.04. The van der Waals surface area contributed by atoms with Crippen LogP contribution in [0.25, 0.3) is 0 Å². The number of anilines is 1. The van der Waals surface area contributed by atoms with Gasteiger partial charge in [-0.25, -0.2) is 5.43 Å². The van der Waals surface area contributed by atoms with Gasteiger partial charge in [0.25, 0.3) is 5.91 Å². The van der Waals surface area contributed by atoms with Gasteiger partial charge in [0.15, 0.2) is 0 Å². The number of ether oxygens (including phenoxy) is 1. The maximum atomic E-state index is 12.0. The average molecular weight is 346 g/mol. The van der Waals surface area contributed by atoms with E-state index in [1.165, 1.54) is 20.2 Å². The Bertz CT molecular complexity index is 773. The molecule has 2 N–H and O–H groups in total. The van der Waals surface area contributed by atoms with E-state index in [0.29, 0.717) is 22.0 Å². The number of hydrogen-bond donors (Lipinski definition) is 2. The molecule has 0 atom stereocenters. The van der Waals surface area contributed by atoms with Crippen LogP contribution in [-0.2, 0) is 4.79 Å². The van der Waals surface area contributed by atoms with Crippen LogP contribution in [0, 0.1) is 0 Å². The summed E-state index contributed by atoms with van der Waals surface area (Å²) in [5.41, 5.74) is 4.19. The highest BCUT2D eigenvalue weighted by Gasteiger charge is 2.05. The van der Waals surface area contributed by atoms with Crippen LogP contribution in [0.2, 0.25) is 5.02 Å². The summed E-state index contributed by atoms with van der Waals surface area (Å²) in [7, 11) is 1.53. The zero-order valence-electron chi connectivity index (χ0n) is 13.2. The van der Waals surface area contributed by atoms with Gasteiger partial charge in [-0.15, -0.1) is 0 Å². The van der Waals surface area contributed by atoms with Gasteiger partial charge >= 0.3 is 0 Å². The molecule has 6 nitrogen and oxygen atoms in total. The Morgan fingerprint density at radius 1 is 1.17 bits per heavy atom. The van der Waals surface area contributed by atoms with Gasteiger partial charge in [-0.1, -0.05) is 11.6 Å². The van der Waals surface area contributed by atoms with Crippen LogP contribution in [0.4, 0.5) is 5.69 Å². The van der Waals surface area contributed by atoms with Crippen molar-refractivity contribution in [2.75, 3.05) is 12.4 Å². The minimum Gasteiger partial charge on any atom is -0.495 e. The quantitative estimate of drug-likeness (QED) is 0.645. The number of nitrogens with zero attached hydrogens (tertiary/aromatic N) is 1. The molecule has 0 spiro atoms. The Labute approximate surface area is 144 Å². The minimum atomic E-state index is -0.361. The third-order valence-electron chi connectivity index (χ3n) is 3.02. The molecule has 0 aliphatic carbocycles. The summed E-state index contributed by atoms with van der Waals surface area (Å²) >= 11 is 6.01. The van der Waals surface area contributed by atoms with E-state index in [9.17, 15) is 9.59 Å². The molecule has 124 valence electrons. The first-order valence-corrected chi connectivity index (χ1v) is 7.42. The molecule has 0 aliphatic heterocycles. The number of methoxy groups -OCH3 is 1. The number of rotatable bonds is 5. The maximum Gasteiger partial charge on any atom is 0.271 e. The Morgan fingerprint density at radius 3 is 2.46 bits per heavy atom. The number of halogens is 1. The molecule has 0 aromatic heterocycles. The topological polar surface area (TPSA) is 79.8 Å². The van der Waals surface area contributed by atoms with E-state index in [1.54, 1.807) is 42.5 Å². The van der Waals surface area contributed by atoms with Gasteiger partial charge in [0.05, 0.1) is 18.3 Å². The van der Waals surface area contributed by atoms with Gasteiger partial charge in [0, 0.05) is 18.2 Å². The Kier molecular flexibility index (Phi) is 5.92. The van der Waals surface area contributed by atoms with E-state index in [2.05, 4.69) is 15.8 Å². The second-order valence-corrected chi connectivity index (χ2v) is 5.26. The van der Waals surface area contributed by atoms with E-state index in [0.717, 1.165) is 5.56 Å². The first kappa shape index (κ1) is 17.5. The highest BCUT2D eigenvalue weighted by atomic mass is 35.5. The lowest BCUT2D eigenvalue weighted by Crippen LogP contribution is -2.17. The molecule has 0 radical (unpaired) electrons. The summed E-state index contributed by atoms with van der Waals surface area (Å²) in [4.78, 5) is 22.9. The van der Waals surface area contributed by atoms with Crippen molar-refractivity contribution in [3.63, 3.8) is 0 Å². The van der Waals surface area contributed by atoms with Crippen molar-refractivity contribution < 1.29 is 14.3 Å². The van der Waals surface area contributed by atoms with Crippen LogP contribution in [0.15, 0.2) is 47.6 Å². The third-order valence-corrected chi connectivity index (χ3v) is 3.32. The summed E-state index contributed by atoms with van der Waals surface area (Å²) in [5, 5.41) is 6.98. The average Bonchev–Trinajstić information content (AvgIpc) is 2.55. The summed E-state index contributed by atoms with van der Waals surface area (Å²) < 4.78 is 5.06. The van der Waals surface area contributed by atoms with Crippen LogP contribution in [-0.4, -0.2) is 25.1 Å². The fourth-order valence-corrected chi connectivity index (χ4v) is 2.17. The molecular weight excluding hydrogens is 330 g/mol. The molecule has 24 heavy (non-hydrogen) atoms. The van der Waals surface area contributed by atoms with E-state index in [1.807, 2.05) is 0 Å². The molecule has 2 aromatic rings. The van der Waals surface area contributed by atoms with Gasteiger partial charge < -0.3 is 10.1 Å². The molecule has 2 amide bonds. The summed E-state index contributed by atoms with van der Waals surface area (Å²) in [6.45, 7) is 1.42. The molecule has 0 aliphatic rings. The van der Waals surface area contributed by atoms with Crippen LogP contribution in [0.1, 0.15) is 22.8 Å². The Balaban J connectivity index is 1.97. The molecule has 0 unspecified atom stereocenters. The molecule has 0 heterocycles. The van der Waals surface area contributed by atoms with Crippen molar-refractivity contribution in [3.8, 4) is 5.75 Å². The van der Waals surface area contributed by atoms with Crippen molar-refractivity contribution in [1.29, 1.82) is 0 Å². The molecule has 2 rings (SSSR count). The number of hydrazone groups is 1. The van der Waals surface area contributed by atoms with Crippen LogP contribution >= 0.6 is 11.6 Å². The highest BCUT2D eigenvalue weighted by Crippen LogP contribution is 2.24. The molecule has 0 saturated carbocycles. The largest absolute Gasteiger partial charge is 0.495 e. The standard InChI is InChI=1S/C17H16ClN3O3/c1-11(22)20-14-6-4-13(5-7-14)17(23)21-19-10-12-3-8-16(24-2)15(18)9-12/h3-10H,1-2H3,(H,20,22)(H,21,23)/b19-10+. The fourth-order valence-electron chi connectivity index (χ4n) is 1.90. The van der Waals surface area contributed by atoms with Crippen molar-refractivity contribution in [2.45, 2.75) is 6.92 Å². The molecule has 7 heteroatoms. The molecular formula is C17H16ClN3O3. The summed E-state index contributed by atoms with van der Waals surface area (Å²) in [5.74, 6) is 0.0345. The maximum absolute atomic E-state index is 12.0. The number of carbonyl (C=O) groups is 2. The van der Waals surface area contributed by atoms with E-state index in [-0.39, 0.29) is 11.8 Å². The van der Waals surface area contributed by atoms with E-state index < -0.39 is 0 Å². The Morgan fingerprint density at radius 2 is 1.88 bits per heavy atom. The van der Waals surface area contributed by atoms with Crippen LogP contribution < -0.4 is 15.5 Å². The lowest BCUT2D eigenvalue weighted by atomic mass is 10.2. The predicted molar refractivity (Wildman–Crippen MR) is 93.8 cm³/mol. The van der Waals surface area contributed by atoms with Gasteiger partial charge in [-0.2, -0.15) is 5.10 Å². The number of carbonyl (C=O) groups excluding carboxylic acids is 2. The lowest BCUT2D eigenvalue weighted by molar-refractivity contribution is -0.114. The molecule has 2 aromatic carbocycles. The second kappa shape index (κ2) is 8.12. The third kappa shape index (κ3) is 4.82. The molecule has 0 saturated heterocycles. The van der Waals surface area contributed by atoms with E-state index in [4.69, 9.17) is 16.3 Å². The SMILES string of the molecule is COc1ccc(/C=N/NC(=O)c2ccc(NC(C)=O)cc2)cc1Cl. The van der Waals surface area contributed by atoms with Crippen molar-refractivity contribution in [3.05, 3.63) is 58.6 Å². The van der Waals surface area contributed by atoms with Gasteiger partial charge in [-0.05, 0) is 48.0 Å². The number of nitrogens with one attached hydrogen (secondary N) is 2.